The summed E-state index contributed by atoms with van der Waals surface area (Å²) < 4.78 is 5.42. The number of benzene rings is 1. The van der Waals surface area contributed by atoms with Crippen LogP contribution in [0.3, 0.4) is 0 Å². The van der Waals surface area contributed by atoms with E-state index in [1.807, 2.05) is 6.92 Å². The highest BCUT2D eigenvalue weighted by molar-refractivity contribution is 6.32. The largest absolute Gasteiger partial charge is 0.492 e. The van der Waals surface area contributed by atoms with Gasteiger partial charge in [-0.15, -0.1) is 0 Å². The molecule has 94 valence electrons. The van der Waals surface area contributed by atoms with Gasteiger partial charge in [0.2, 0.25) is 0 Å². The molecule has 0 aromatic heterocycles. The standard InChI is InChI=1S/C12H17ClN2O2/c1-2-7-17-11-4-3-9(8-10(11)13)12(16)15-6-5-14/h3-4,8H,2,5-7,14H2,1H3,(H,15,16). The first-order valence-corrected chi connectivity index (χ1v) is 5.97. The van der Waals surface area contributed by atoms with Crippen LogP contribution in [0.5, 0.6) is 5.75 Å². The third-order valence-electron chi connectivity index (χ3n) is 2.09. The van der Waals surface area contributed by atoms with E-state index in [1.165, 1.54) is 0 Å². The number of ether oxygens (including phenoxy) is 1. The van der Waals surface area contributed by atoms with Crippen molar-refractivity contribution in [3.8, 4) is 5.75 Å². The van der Waals surface area contributed by atoms with E-state index < -0.39 is 0 Å². The van der Waals surface area contributed by atoms with Gasteiger partial charge in [-0.2, -0.15) is 0 Å². The van der Waals surface area contributed by atoms with Crippen LogP contribution in [0.2, 0.25) is 5.02 Å². The second-order valence-electron chi connectivity index (χ2n) is 3.54. The number of hydrogen-bond donors (Lipinski definition) is 2. The summed E-state index contributed by atoms with van der Waals surface area (Å²) in [4.78, 5) is 11.6. The highest BCUT2D eigenvalue weighted by Crippen LogP contribution is 2.25. The topological polar surface area (TPSA) is 64.3 Å². The van der Waals surface area contributed by atoms with Gasteiger partial charge < -0.3 is 15.8 Å². The number of halogens is 1. The van der Waals surface area contributed by atoms with Gasteiger partial charge in [0.25, 0.3) is 5.91 Å². The normalized spacial score (nSPS) is 10.1. The van der Waals surface area contributed by atoms with Crippen LogP contribution < -0.4 is 15.8 Å². The molecule has 0 aliphatic rings. The highest BCUT2D eigenvalue weighted by atomic mass is 35.5. The van der Waals surface area contributed by atoms with E-state index >= 15 is 0 Å². The maximum atomic E-state index is 11.6. The second-order valence-corrected chi connectivity index (χ2v) is 3.95. The van der Waals surface area contributed by atoms with Gasteiger partial charge in [0.15, 0.2) is 0 Å². The van der Waals surface area contributed by atoms with Gasteiger partial charge in [-0.25, -0.2) is 0 Å². The molecule has 1 aromatic carbocycles. The van der Waals surface area contributed by atoms with Crippen molar-refractivity contribution >= 4 is 17.5 Å². The average Bonchev–Trinajstić information content (AvgIpc) is 2.34. The predicted octanol–water partition coefficient (Wildman–Crippen LogP) is 1.82. The van der Waals surface area contributed by atoms with Crippen molar-refractivity contribution in [1.29, 1.82) is 0 Å². The molecule has 3 N–H and O–H groups in total. The number of nitrogens with two attached hydrogens (primary N) is 1. The number of nitrogens with one attached hydrogen (secondary N) is 1. The maximum Gasteiger partial charge on any atom is 0.251 e. The minimum Gasteiger partial charge on any atom is -0.492 e. The molecule has 1 aromatic rings. The molecule has 5 heteroatoms. The Hall–Kier alpha value is -1.26. The molecule has 0 fully saturated rings. The fourth-order valence-electron chi connectivity index (χ4n) is 1.26. The zero-order valence-electron chi connectivity index (χ0n) is 9.83. The number of hydrogen-bond acceptors (Lipinski definition) is 3. The summed E-state index contributed by atoms with van der Waals surface area (Å²) in [5.74, 6) is 0.420. The van der Waals surface area contributed by atoms with Crippen LogP contribution in [0, 0.1) is 0 Å². The molecule has 0 bridgehead atoms. The van der Waals surface area contributed by atoms with E-state index in [9.17, 15) is 4.79 Å². The molecule has 17 heavy (non-hydrogen) atoms. The molecular weight excluding hydrogens is 240 g/mol. The summed E-state index contributed by atoms with van der Waals surface area (Å²) in [6.07, 6.45) is 0.912. The Morgan fingerprint density at radius 2 is 2.29 bits per heavy atom. The lowest BCUT2D eigenvalue weighted by Crippen LogP contribution is -2.28. The van der Waals surface area contributed by atoms with Crippen molar-refractivity contribution in [2.75, 3.05) is 19.7 Å². The van der Waals surface area contributed by atoms with Crippen molar-refractivity contribution in [2.45, 2.75) is 13.3 Å². The number of carbonyl (C=O) groups is 1. The first-order valence-electron chi connectivity index (χ1n) is 5.59. The van der Waals surface area contributed by atoms with Gasteiger partial charge in [0.05, 0.1) is 11.6 Å². The lowest BCUT2D eigenvalue weighted by atomic mass is 10.2. The summed E-state index contributed by atoms with van der Waals surface area (Å²) in [6.45, 7) is 3.49. The summed E-state index contributed by atoms with van der Waals surface area (Å²) >= 11 is 6.01. The minimum absolute atomic E-state index is 0.181. The van der Waals surface area contributed by atoms with Crippen molar-refractivity contribution < 1.29 is 9.53 Å². The van der Waals surface area contributed by atoms with Gasteiger partial charge in [-0.05, 0) is 24.6 Å². The van der Waals surface area contributed by atoms with Crippen molar-refractivity contribution in [2.24, 2.45) is 5.73 Å². The molecule has 0 atom stereocenters. The molecule has 0 unspecified atom stereocenters. The minimum atomic E-state index is -0.181. The van der Waals surface area contributed by atoms with Crippen LogP contribution in [-0.2, 0) is 0 Å². The maximum absolute atomic E-state index is 11.6. The second kappa shape index (κ2) is 7.14. The molecular formula is C12H17ClN2O2. The summed E-state index contributed by atoms with van der Waals surface area (Å²) in [5.41, 5.74) is 5.81. The number of amides is 1. The summed E-state index contributed by atoms with van der Waals surface area (Å²) in [5, 5.41) is 3.12. The molecule has 0 radical (unpaired) electrons. The Morgan fingerprint density at radius 3 is 2.88 bits per heavy atom. The Kier molecular flexibility index (Phi) is 5.80. The van der Waals surface area contributed by atoms with E-state index in [0.717, 1.165) is 6.42 Å². The summed E-state index contributed by atoms with van der Waals surface area (Å²) in [6, 6.07) is 4.98. The van der Waals surface area contributed by atoms with Gasteiger partial charge in [-0.3, -0.25) is 4.79 Å². The third kappa shape index (κ3) is 4.24. The number of rotatable bonds is 6. The lowest BCUT2D eigenvalue weighted by Gasteiger charge is -2.08. The van der Waals surface area contributed by atoms with Gasteiger partial charge in [0.1, 0.15) is 5.75 Å². The van der Waals surface area contributed by atoms with Crippen LogP contribution in [0.15, 0.2) is 18.2 Å². The van der Waals surface area contributed by atoms with Crippen LogP contribution in [0.1, 0.15) is 23.7 Å². The Labute approximate surface area is 106 Å². The molecule has 0 aliphatic carbocycles. The van der Waals surface area contributed by atoms with E-state index in [4.69, 9.17) is 22.1 Å². The van der Waals surface area contributed by atoms with E-state index in [1.54, 1.807) is 18.2 Å². The first kappa shape index (κ1) is 13.8. The van der Waals surface area contributed by atoms with Crippen LogP contribution in [0.4, 0.5) is 0 Å². The van der Waals surface area contributed by atoms with Crippen molar-refractivity contribution in [3.63, 3.8) is 0 Å². The zero-order chi connectivity index (χ0) is 12.7. The quantitative estimate of drug-likeness (QED) is 0.816. The molecule has 4 nitrogen and oxygen atoms in total. The van der Waals surface area contributed by atoms with E-state index in [2.05, 4.69) is 5.32 Å². The fourth-order valence-corrected chi connectivity index (χ4v) is 1.49. The smallest absolute Gasteiger partial charge is 0.251 e. The Balaban J connectivity index is 2.70. The van der Waals surface area contributed by atoms with E-state index in [-0.39, 0.29) is 5.91 Å². The SMILES string of the molecule is CCCOc1ccc(C(=O)NCCN)cc1Cl. The van der Waals surface area contributed by atoms with E-state index in [0.29, 0.717) is 36.0 Å². The molecule has 1 rings (SSSR count). The van der Waals surface area contributed by atoms with Crippen LogP contribution >= 0.6 is 11.6 Å². The monoisotopic (exact) mass is 256 g/mol. The molecule has 0 spiro atoms. The fraction of sp³-hybridized carbons (Fsp3) is 0.417. The predicted molar refractivity (Wildman–Crippen MR) is 68.6 cm³/mol. The van der Waals surface area contributed by atoms with Crippen LogP contribution in [0.25, 0.3) is 0 Å². The Morgan fingerprint density at radius 1 is 1.53 bits per heavy atom. The molecule has 0 heterocycles. The van der Waals surface area contributed by atoms with Gasteiger partial charge in [-0.1, -0.05) is 18.5 Å². The Bertz CT molecular complexity index is 383. The number of carbonyl (C=O) groups excluding carboxylic acids is 1. The first-order chi connectivity index (χ1) is 8.19. The van der Waals surface area contributed by atoms with Gasteiger partial charge >= 0.3 is 0 Å². The molecule has 0 saturated heterocycles. The highest BCUT2D eigenvalue weighted by Gasteiger charge is 2.08. The zero-order valence-corrected chi connectivity index (χ0v) is 10.6. The third-order valence-corrected chi connectivity index (χ3v) is 2.38. The van der Waals surface area contributed by atoms with Crippen LogP contribution in [-0.4, -0.2) is 25.6 Å². The average molecular weight is 257 g/mol. The summed E-state index contributed by atoms with van der Waals surface area (Å²) in [7, 11) is 0. The molecule has 0 saturated carbocycles. The molecule has 1 amide bonds. The molecule has 0 aliphatic heterocycles. The van der Waals surface area contributed by atoms with Crippen molar-refractivity contribution in [1.82, 2.24) is 5.32 Å². The van der Waals surface area contributed by atoms with Crippen molar-refractivity contribution in [3.05, 3.63) is 28.8 Å². The van der Waals surface area contributed by atoms with Gasteiger partial charge in [0, 0.05) is 18.7 Å². The lowest BCUT2D eigenvalue weighted by molar-refractivity contribution is 0.0954.